The third-order valence-electron chi connectivity index (χ3n) is 4.85. The van der Waals surface area contributed by atoms with E-state index in [1.165, 1.54) is 15.9 Å². The second-order valence-corrected chi connectivity index (χ2v) is 7.89. The largest absolute Gasteiger partial charge is 0.503 e. The molecule has 146 valence electrons. The van der Waals surface area contributed by atoms with Gasteiger partial charge in [-0.2, -0.15) is 0 Å². The first-order chi connectivity index (χ1) is 14.0. The highest BCUT2D eigenvalue weighted by molar-refractivity contribution is 7.12. The molecule has 29 heavy (non-hydrogen) atoms. The van der Waals surface area contributed by atoms with Crippen LogP contribution in [0.1, 0.15) is 41.3 Å². The maximum absolute atomic E-state index is 13.3. The average Bonchev–Trinajstić information content (AvgIpc) is 3.35. The SMILES string of the molecule is CC(C)c1ccc(-c2c(C(=O)c3ccccc3)c(O)c(O)n2-c2nccs2)cc1. The van der Waals surface area contributed by atoms with E-state index < -0.39 is 11.6 Å². The molecule has 2 aromatic carbocycles. The summed E-state index contributed by atoms with van der Waals surface area (Å²) in [6.07, 6.45) is 1.61. The Morgan fingerprint density at radius 2 is 1.72 bits per heavy atom. The van der Waals surface area contributed by atoms with E-state index in [0.717, 1.165) is 5.56 Å². The maximum atomic E-state index is 13.3. The number of ketones is 1. The van der Waals surface area contributed by atoms with Crippen LogP contribution in [0.3, 0.4) is 0 Å². The first kappa shape index (κ1) is 19.0. The molecular weight excluding hydrogens is 384 g/mol. The number of rotatable bonds is 5. The average molecular weight is 404 g/mol. The van der Waals surface area contributed by atoms with Gasteiger partial charge in [-0.25, -0.2) is 4.98 Å². The van der Waals surface area contributed by atoms with Gasteiger partial charge in [-0.1, -0.05) is 68.4 Å². The Bertz CT molecular complexity index is 1150. The molecule has 0 atom stereocenters. The lowest BCUT2D eigenvalue weighted by atomic mass is 9.96. The Labute approximate surface area is 172 Å². The summed E-state index contributed by atoms with van der Waals surface area (Å²) < 4.78 is 1.43. The first-order valence-corrected chi connectivity index (χ1v) is 10.1. The number of aromatic nitrogens is 2. The third-order valence-corrected chi connectivity index (χ3v) is 5.60. The summed E-state index contributed by atoms with van der Waals surface area (Å²) in [5.41, 5.74) is 2.77. The Morgan fingerprint density at radius 1 is 1.03 bits per heavy atom. The predicted molar refractivity (Wildman–Crippen MR) is 114 cm³/mol. The summed E-state index contributed by atoms with van der Waals surface area (Å²) in [4.78, 5) is 17.5. The zero-order valence-corrected chi connectivity index (χ0v) is 16.9. The zero-order chi connectivity index (χ0) is 20.5. The molecule has 0 saturated heterocycles. The standard InChI is InChI=1S/C23H20N2O3S/c1-14(2)15-8-10-16(11-9-15)19-18(20(26)17-6-4-3-5-7-17)21(27)22(28)25(19)23-24-12-13-29-23/h3-14,27-28H,1-2H3. The monoisotopic (exact) mass is 404 g/mol. The van der Waals surface area contributed by atoms with Crippen molar-refractivity contribution < 1.29 is 15.0 Å². The molecule has 0 radical (unpaired) electrons. The number of benzene rings is 2. The van der Waals surface area contributed by atoms with Gasteiger partial charge < -0.3 is 10.2 Å². The van der Waals surface area contributed by atoms with Gasteiger partial charge in [-0.3, -0.25) is 9.36 Å². The van der Waals surface area contributed by atoms with Gasteiger partial charge in [0.2, 0.25) is 5.88 Å². The molecule has 4 aromatic rings. The second kappa shape index (κ2) is 7.56. The van der Waals surface area contributed by atoms with Crippen molar-refractivity contribution >= 4 is 17.1 Å². The minimum atomic E-state index is -0.447. The van der Waals surface area contributed by atoms with Crippen molar-refractivity contribution in [2.24, 2.45) is 0 Å². The molecule has 0 aliphatic rings. The van der Waals surface area contributed by atoms with Crippen molar-refractivity contribution in [3.05, 3.63) is 82.9 Å². The molecule has 5 nitrogen and oxygen atoms in total. The second-order valence-electron chi connectivity index (χ2n) is 7.02. The highest BCUT2D eigenvalue weighted by atomic mass is 32.1. The topological polar surface area (TPSA) is 75.3 Å². The van der Waals surface area contributed by atoms with Gasteiger partial charge in [-0.15, -0.1) is 11.3 Å². The molecule has 0 unspecified atom stereocenters. The molecular formula is C23H20N2O3S. The van der Waals surface area contributed by atoms with Crippen molar-refractivity contribution in [1.82, 2.24) is 9.55 Å². The summed E-state index contributed by atoms with van der Waals surface area (Å²) in [5, 5.41) is 23.7. The molecule has 0 aliphatic heterocycles. The third kappa shape index (κ3) is 3.32. The summed E-state index contributed by atoms with van der Waals surface area (Å²) >= 11 is 1.31. The van der Waals surface area contributed by atoms with Crippen LogP contribution in [0, 0.1) is 0 Å². The maximum Gasteiger partial charge on any atom is 0.242 e. The van der Waals surface area contributed by atoms with Crippen LogP contribution in [0.5, 0.6) is 11.6 Å². The number of hydrogen-bond acceptors (Lipinski definition) is 5. The van der Waals surface area contributed by atoms with Crippen molar-refractivity contribution in [3.8, 4) is 28.0 Å². The van der Waals surface area contributed by atoms with E-state index in [1.54, 1.807) is 35.8 Å². The summed E-state index contributed by atoms with van der Waals surface area (Å²) in [6, 6.07) is 16.5. The van der Waals surface area contributed by atoms with Crippen molar-refractivity contribution in [3.63, 3.8) is 0 Å². The van der Waals surface area contributed by atoms with E-state index in [2.05, 4.69) is 18.8 Å². The number of carbonyl (C=O) groups excluding carboxylic acids is 1. The first-order valence-electron chi connectivity index (χ1n) is 9.25. The van der Waals surface area contributed by atoms with Crippen LogP contribution in [-0.2, 0) is 0 Å². The van der Waals surface area contributed by atoms with E-state index >= 15 is 0 Å². The van der Waals surface area contributed by atoms with Crippen molar-refractivity contribution in [1.29, 1.82) is 0 Å². The fourth-order valence-electron chi connectivity index (χ4n) is 3.31. The van der Waals surface area contributed by atoms with E-state index in [9.17, 15) is 15.0 Å². The number of hydrogen-bond donors (Lipinski definition) is 2. The van der Waals surface area contributed by atoms with Crippen LogP contribution in [0.2, 0.25) is 0 Å². The number of carbonyl (C=O) groups is 1. The van der Waals surface area contributed by atoms with Crippen molar-refractivity contribution in [2.45, 2.75) is 19.8 Å². The van der Waals surface area contributed by atoms with Gasteiger partial charge in [-0.05, 0) is 17.0 Å². The molecule has 2 aromatic heterocycles. The Hall–Kier alpha value is -3.38. The highest BCUT2D eigenvalue weighted by Crippen LogP contribution is 2.44. The fourth-order valence-corrected chi connectivity index (χ4v) is 3.96. The minimum Gasteiger partial charge on any atom is -0.503 e. The van der Waals surface area contributed by atoms with Gasteiger partial charge in [0.15, 0.2) is 16.7 Å². The lowest BCUT2D eigenvalue weighted by molar-refractivity contribution is 0.103. The molecule has 4 rings (SSSR count). The van der Waals surface area contributed by atoms with Gasteiger partial charge in [0.25, 0.3) is 0 Å². The molecule has 0 amide bonds. The van der Waals surface area contributed by atoms with Crippen LogP contribution in [0.4, 0.5) is 0 Å². The summed E-state index contributed by atoms with van der Waals surface area (Å²) in [7, 11) is 0. The van der Waals surface area contributed by atoms with Crippen LogP contribution in [-0.4, -0.2) is 25.5 Å². The van der Waals surface area contributed by atoms with Crippen LogP contribution in [0.15, 0.2) is 66.2 Å². The normalized spacial score (nSPS) is 11.1. The van der Waals surface area contributed by atoms with Gasteiger partial charge >= 0.3 is 0 Å². The van der Waals surface area contributed by atoms with Crippen molar-refractivity contribution in [2.75, 3.05) is 0 Å². The predicted octanol–water partition coefficient (Wildman–Crippen LogP) is 5.37. The summed E-state index contributed by atoms with van der Waals surface area (Å²) in [6.45, 7) is 4.21. The molecule has 0 aliphatic carbocycles. The smallest absolute Gasteiger partial charge is 0.242 e. The molecule has 0 spiro atoms. The van der Waals surface area contributed by atoms with E-state index in [0.29, 0.717) is 27.9 Å². The Balaban J connectivity index is 1.98. The summed E-state index contributed by atoms with van der Waals surface area (Å²) in [5.74, 6) is -0.849. The van der Waals surface area contributed by atoms with Crippen LogP contribution >= 0.6 is 11.3 Å². The molecule has 2 heterocycles. The van der Waals surface area contributed by atoms with Gasteiger partial charge in [0.05, 0.1) is 11.3 Å². The molecule has 0 fully saturated rings. The Morgan fingerprint density at radius 3 is 2.31 bits per heavy atom. The molecule has 0 saturated carbocycles. The van der Waals surface area contributed by atoms with Gasteiger partial charge in [0, 0.05) is 17.1 Å². The quantitative estimate of drug-likeness (QED) is 0.439. The number of thiazole rings is 1. The van der Waals surface area contributed by atoms with E-state index in [-0.39, 0.29) is 11.3 Å². The lowest BCUT2D eigenvalue weighted by Gasteiger charge is -2.11. The van der Waals surface area contributed by atoms with E-state index in [1.807, 2.05) is 30.3 Å². The molecule has 6 heteroatoms. The lowest BCUT2D eigenvalue weighted by Crippen LogP contribution is -2.05. The fraction of sp³-hybridized carbons (Fsp3) is 0.130. The Kier molecular flexibility index (Phi) is 4.94. The van der Waals surface area contributed by atoms with Crippen LogP contribution < -0.4 is 0 Å². The minimum absolute atomic E-state index is 0.0567. The number of nitrogens with zero attached hydrogens (tertiary/aromatic N) is 2. The van der Waals surface area contributed by atoms with Gasteiger partial charge in [0.1, 0.15) is 0 Å². The zero-order valence-electron chi connectivity index (χ0n) is 16.0. The van der Waals surface area contributed by atoms with Crippen LogP contribution in [0.25, 0.3) is 16.4 Å². The highest BCUT2D eigenvalue weighted by Gasteiger charge is 2.30. The number of aromatic hydroxyl groups is 2. The molecule has 0 bridgehead atoms. The molecule has 2 N–H and O–H groups in total. The van der Waals surface area contributed by atoms with E-state index in [4.69, 9.17) is 0 Å².